The van der Waals surface area contributed by atoms with Gasteiger partial charge in [0.05, 0.1) is 11.1 Å². The maximum absolute atomic E-state index is 12.3. The SMILES string of the molecule is CN(C)CC(CN1C(=O)c2ccccc2C1=O)N(C)C. The van der Waals surface area contributed by atoms with E-state index in [-0.39, 0.29) is 17.9 Å². The van der Waals surface area contributed by atoms with Crippen LogP contribution in [0.15, 0.2) is 24.3 Å². The Morgan fingerprint density at radius 2 is 1.50 bits per heavy atom. The number of carbonyl (C=O) groups is 2. The van der Waals surface area contributed by atoms with Gasteiger partial charge < -0.3 is 9.80 Å². The molecular weight excluding hydrogens is 254 g/mol. The van der Waals surface area contributed by atoms with Crippen molar-refractivity contribution in [3.8, 4) is 0 Å². The standard InChI is InChI=1S/C15H21N3O2/c1-16(2)9-11(17(3)4)10-18-14(19)12-7-5-6-8-13(12)15(18)20/h5-8,11H,9-10H2,1-4H3. The number of benzene rings is 1. The van der Waals surface area contributed by atoms with Crippen LogP contribution in [0.3, 0.4) is 0 Å². The summed E-state index contributed by atoms with van der Waals surface area (Å²) in [5.41, 5.74) is 1.03. The largest absolute Gasteiger partial charge is 0.308 e. The minimum absolute atomic E-state index is 0.118. The normalized spacial score (nSPS) is 16.2. The topological polar surface area (TPSA) is 43.9 Å². The maximum atomic E-state index is 12.3. The van der Waals surface area contributed by atoms with Gasteiger partial charge in [0.25, 0.3) is 11.8 Å². The third-order valence-electron chi connectivity index (χ3n) is 3.58. The molecule has 1 atom stereocenters. The Bertz CT molecular complexity index is 491. The quantitative estimate of drug-likeness (QED) is 0.745. The van der Waals surface area contributed by atoms with Crippen molar-refractivity contribution in [3.05, 3.63) is 35.4 Å². The molecule has 1 unspecified atom stereocenters. The third-order valence-corrected chi connectivity index (χ3v) is 3.58. The van der Waals surface area contributed by atoms with Gasteiger partial charge >= 0.3 is 0 Å². The molecule has 108 valence electrons. The fraction of sp³-hybridized carbons (Fsp3) is 0.467. The third kappa shape index (κ3) is 2.73. The Hall–Kier alpha value is -1.72. The number of fused-ring (bicyclic) bond motifs is 1. The molecule has 1 aliphatic rings. The molecule has 0 spiro atoms. The van der Waals surface area contributed by atoms with Gasteiger partial charge in [0.15, 0.2) is 0 Å². The average Bonchev–Trinajstić information content (AvgIpc) is 2.63. The van der Waals surface area contributed by atoms with Crippen LogP contribution in [0.2, 0.25) is 0 Å². The van der Waals surface area contributed by atoms with Crippen molar-refractivity contribution in [3.63, 3.8) is 0 Å². The Labute approximate surface area is 119 Å². The second-order valence-electron chi connectivity index (χ2n) is 5.65. The lowest BCUT2D eigenvalue weighted by Crippen LogP contribution is -2.47. The van der Waals surface area contributed by atoms with Crippen molar-refractivity contribution < 1.29 is 9.59 Å². The second-order valence-corrected chi connectivity index (χ2v) is 5.65. The summed E-state index contributed by atoms with van der Waals surface area (Å²) in [4.78, 5) is 30.1. The molecule has 2 amide bonds. The molecule has 1 aliphatic heterocycles. The van der Waals surface area contributed by atoms with Crippen molar-refractivity contribution in [1.82, 2.24) is 14.7 Å². The van der Waals surface area contributed by atoms with Crippen molar-refractivity contribution >= 4 is 11.8 Å². The average molecular weight is 275 g/mol. The molecule has 0 radical (unpaired) electrons. The van der Waals surface area contributed by atoms with Crippen LogP contribution < -0.4 is 0 Å². The van der Waals surface area contributed by atoms with Crippen LogP contribution in [0.25, 0.3) is 0 Å². The van der Waals surface area contributed by atoms with Crippen molar-refractivity contribution in [2.45, 2.75) is 6.04 Å². The minimum atomic E-state index is -0.184. The Kier molecular flexibility index (Phi) is 4.20. The van der Waals surface area contributed by atoms with Gasteiger partial charge in [-0.15, -0.1) is 0 Å². The lowest BCUT2D eigenvalue weighted by molar-refractivity contribution is 0.0599. The maximum Gasteiger partial charge on any atom is 0.261 e. The van der Waals surface area contributed by atoms with E-state index >= 15 is 0 Å². The molecule has 1 heterocycles. The summed E-state index contributed by atoms with van der Waals surface area (Å²) in [6.45, 7) is 1.21. The highest BCUT2D eigenvalue weighted by Gasteiger charge is 2.36. The fourth-order valence-electron chi connectivity index (χ4n) is 2.42. The highest BCUT2D eigenvalue weighted by molar-refractivity contribution is 6.21. The van der Waals surface area contributed by atoms with E-state index in [1.54, 1.807) is 24.3 Å². The Morgan fingerprint density at radius 3 is 1.90 bits per heavy atom. The number of amides is 2. The van der Waals surface area contributed by atoms with E-state index in [9.17, 15) is 9.59 Å². The van der Waals surface area contributed by atoms with Gasteiger partial charge in [-0.25, -0.2) is 0 Å². The summed E-state index contributed by atoms with van der Waals surface area (Å²) < 4.78 is 0. The van der Waals surface area contributed by atoms with E-state index < -0.39 is 0 Å². The highest BCUT2D eigenvalue weighted by Crippen LogP contribution is 2.22. The summed E-state index contributed by atoms with van der Waals surface area (Å²) in [7, 11) is 7.90. The fourth-order valence-corrected chi connectivity index (χ4v) is 2.42. The van der Waals surface area contributed by atoms with Gasteiger partial charge in [-0.3, -0.25) is 14.5 Å². The van der Waals surface area contributed by atoms with Gasteiger partial charge in [0, 0.05) is 19.1 Å². The van der Waals surface area contributed by atoms with E-state index in [4.69, 9.17) is 0 Å². The van der Waals surface area contributed by atoms with Crippen LogP contribution in [0.5, 0.6) is 0 Å². The molecular formula is C15H21N3O2. The first-order valence-corrected chi connectivity index (χ1v) is 6.68. The molecule has 0 aliphatic carbocycles. The molecule has 0 fully saturated rings. The van der Waals surface area contributed by atoms with Gasteiger partial charge in [-0.05, 0) is 40.3 Å². The second kappa shape index (κ2) is 5.73. The number of hydrogen-bond acceptors (Lipinski definition) is 4. The summed E-state index contributed by atoms with van der Waals surface area (Å²) in [5.74, 6) is -0.368. The van der Waals surface area contributed by atoms with Crippen LogP contribution in [-0.2, 0) is 0 Å². The molecule has 1 aromatic carbocycles. The van der Waals surface area contributed by atoms with E-state index in [1.165, 1.54) is 4.90 Å². The number of carbonyl (C=O) groups excluding carboxylic acids is 2. The number of hydrogen-bond donors (Lipinski definition) is 0. The van der Waals surface area contributed by atoms with Crippen LogP contribution in [-0.4, -0.2) is 73.8 Å². The first-order chi connectivity index (χ1) is 9.41. The summed E-state index contributed by atoms with van der Waals surface area (Å²) in [6.07, 6.45) is 0. The molecule has 0 saturated carbocycles. The summed E-state index contributed by atoms with van der Waals surface area (Å²) in [6, 6.07) is 7.12. The van der Waals surface area contributed by atoms with E-state index in [0.29, 0.717) is 17.7 Å². The summed E-state index contributed by atoms with van der Waals surface area (Å²) in [5, 5.41) is 0. The van der Waals surface area contributed by atoms with Crippen LogP contribution >= 0.6 is 0 Å². The molecule has 0 saturated heterocycles. The molecule has 0 bridgehead atoms. The monoisotopic (exact) mass is 275 g/mol. The number of rotatable bonds is 5. The molecule has 20 heavy (non-hydrogen) atoms. The number of likely N-dealkylation sites (N-methyl/N-ethyl adjacent to an activating group) is 2. The van der Waals surface area contributed by atoms with E-state index in [1.807, 2.05) is 33.1 Å². The van der Waals surface area contributed by atoms with Gasteiger partial charge in [-0.2, -0.15) is 0 Å². The lowest BCUT2D eigenvalue weighted by atomic mass is 10.1. The first-order valence-electron chi connectivity index (χ1n) is 6.68. The zero-order chi connectivity index (χ0) is 14.9. The number of nitrogens with zero attached hydrogens (tertiary/aromatic N) is 3. The molecule has 0 N–H and O–H groups in total. The lowest BCUT2D eigenvalue weighted by Gasteiger charge is -2.30. The number of imide groups is 1. The van der Waals surface area contributed by atoms with E-state index in [2.05, 4.69) is 4.90 Å². The van der Waals surface area contributed by atoms with Gasteiger partial charge in [0.2, 0.25) is 0 Å². The molecule has 5 heteroatoms. The van der Waals surface area contributed by atoms with Crippen molar-refractivity contribution in [1.29, 1.82) is 0 Å². The zero-order valence-electron chi connectivity index (χ0n) is 12.5. The van der Waals surface area contributed by atoms with Crippen molar-refractivity contribution in [2.24, 2.45) is 0 Å². The van der Waals surface area contributed by atoms with Crippen LogP contribution in [0.4, 0.5) is 0 Å². The highest BCUT2D eigenvalue weighted by atomic mass is 16.2. The van der Waals surface area contributed by atoms with E-state index in [0.717, 1.165) is 6.54 Å². The van der Waals surface area contributed by atoms with Crippen LogP contribution in [0, 0.1) is 0 Å². The van der Waals surface area contributed by atoms with Crippen LogP contribution in [0.1, 0.15) is 20.7 Å². The summed E-state index contributed by atoms with van der Waals surface area (Å²) >= 11 is 0. The predicted octanol–water partition coefficient (Wildman–Crippen LogP) is 0.774. The Morgan fingerprint density at radius 1 is 1.00 bits per heavy atom. The van der Waals surface area contributed by atoms with Gasteiger partial charge in [0.1, 0.15) is 0 Å². The molecule has 2 rings (SSSR count). The first kappa shape index (κ1) is 14.7. The molecule has 0 aromatic heterocycles. The molecule has 1 aromatic rings. The zero-order valence-corrected chi connectivity index (χ0v) is 12.5. The van der Waals surface area contributed by atoms with Gasteiger partial charge in [-0.1, -0.05) is 12.1 Å². The smallest absolute Gasteiger partial charge is 0.261 e. The molecule has 5 nitrogen and oxygen atoms in total. The van der Waals surface area contributed by atoms with Crippen molar-refractivity contribution in [2.75, 3.05) is 41.3 Å². The minimum Gasteiger partial charge on any atom is -0.308 e. The predicted molar refractivity (Wildman–Crippen MR) is 77.8 cm³/mol. The Balaban J connectivity index is 2.19.